The summed E-state index contributed by atoms with van der Waals surface area (Å²) in [5.74, 6) is -8.20. The van der Waals surface area contributed by atoms with E-state index in [4.69, 9.17) is 0 Å². The first-order chi connectivity index (χ1) is 7.63. The van der Waals surface area contributed by atoms with E-state index in [0.29, 0.717) is 0 Å². The maximum atomic E-state index is 13.1. The van der Waals surface area contributed by atoms with Crippen molar-refractivity contribution in [1.82, 2.24) is 0 Å². The molecule has 0 unspecified atom stereocenters. The van der Waals surface area contributed by atoms with Crippen molar-refractivity contribution >= 4 is 17.6 Å². The van der Waals surface area contributed by atoms with Gasteiger partial charge in [-0.05, 0) is 6.07 Å². The molecular weight excluding hydrogens is 278 g/mol. The zero-order chi connectivity index (χ0) is 13.4. The van der Waals surface area contributed by atoms with Gasteiger partial charge in [0.25, 0.3) is 0 Å². The Morgan fingerprint density at radius 3 is 2.18 bits per heavy atom. The van der Waals surface area contributed by atoms with E-state index in [0.717, 1.165) is 0 Å². The minimum Gasteiger partial charge on any atom is -0.414 e. The molecule has 0 heterocycles. The zero-order valence-electron chi connectivity index (χ0n) is 7.54. The van der Waals surface area contributed by atoms with Gasteiger partial charge in [0.15, 0.2) is 11.6 Å². The van der Waals surface area contributed by atoms with Crippen LogP contribution in [0.1, 0.15) is 10.4 Å². The van der Waals surface area contributed by atoms with E-state index in [1.54, 1.807) is 0 Å². The lowest BCUT2D eigenvalue weighted by Crippen LogP contribution is -2.19. The van der Waals surface area contributed by atoms with Crippen LogP contribution in [0.5, 0.6) is 5.75 Å². The van der Waals surface area contributed by atoms with Crippen molar-refractivity contribution in [3.63, 3.8) is 0 Å². The quantitative estimate of drug-likeness (QED) is 0.367. The minimum atomic E-state index is -4.55. The van der Waals surface area contributed by atoms with Crippen LogP contribution in [0.3, 0.4) is 0 Å². The average Bonchev–Trinajstić information content (AvgIpc) is 2.16. The number of carbonyl (C=O) groups excluding carboxylic acids is 1. The first-order valence-corrected chi connectivity index (χ1v) is 4.14. The molecule has 0 aliphatic carbocycles. The fourth-order valence-corrected chi connectivity index (χ4v) is 1.01. The number of benzene rings is 1. The van der Waals surface area contributed by atoms with Gasteiger partial charge in [-0.3, -0.25) is 4.79 Å². The molecule has 1 aromatic rings. The largest absolute Gasteiger partial charge is 0.487 e. The third-order valence-corrected chi connectivity index (χ3v) is 1.62. The van der Waals surface area contributed by atoms with Crippen molar-refractivity contribution in [3.05, 3.63) is 29.1 Å². The molecule has 0 aliphatic rings. The topological polar surface area (TPSA) is 26.3 Å². The van der Waals surface area contributed by atoms with E-state index >= 15 is 0 Å². The summed E-state index contributed by atoms with van der Waals surface area (Å²) in [5.41, 5.74) is -6.13. The van der Waals surface area contributed by atoms with Crippen molar-refractivity contribution in [2.24, 2.45) is 0 Å². The van der Waals surface area contributed by atoms with Crippen molar-refractivity contribution in [2.45, 2.75) is 5.57 Å². The van der Waals surface area contributed by atoms with E-state index in [1.165, 1.54) is 0 Å². The van der Waals surface area contributed by atoms with Crippen LogP contribution >= 0.6 is 11.6 Å². The smallest absolute Gasteiger partial charge is 0.414 e. The van der Waals surface area contributed by atoms with Crippen LogP contribution in [0.15, 0.2) is 6.07 Å². The Kier molecular flexibility index (Phi) is 3.56. The second-order valence-corrected chi connectivity index (χ2v) is 3.12. The summed E-state index contributed by atoms with van der Waals surface area (Å²) in [7, 11) is 0. The molecule has 1 aromatic carbocycles. The number of hydrogen-bond donors (Lipinski definition) is 0. The third kappa shape index (κ3) is 3.02. The van der Waals surface area contributed by atoms with Gasteiger partial charge < -0.3 is 4.74 Å². The molecule has 0 aromatic heterocycles. The molecule has 0 radical (unpaired) electrons. The molecule has 0 bridgehead atoms. The maximum absolute atomic E-state index is 13.1. The molecule has 0 N–H and O–H groups in total. The molecule has 0 amide bonds. The van der Waals surface area contributed by atoms with Crippen LogP contribution in [0.2, 0.25) is 0 Å². The highest BCUT2D eigenvalue weighted by Gasteiger charge is 2.34. The highest BCUT2D eigenvalue weighted by molar-refractivity contribution is 6.20. The van der Waals surface area contributed by atoms with Gasteiger partial charge in [-0.1, -0.05) is 0 Å². The highest BCUT2D eigenvalue weighted by atomic mass is 35.5. The van der Waals surface area contributed by atoms with Gasteiger partial charge in [0.05, 0.1) is 5.56 Å². The molecule has 0 atom stereocenters. The lowest BCUT2D eigenvalue weighted by atomic mass is 10.2. The maximum Gasteiger partial charge on any atom is 0.487 e. The summed E-state index contributed by atoms with van der Waals surface area (Å²) in [4.78, 5) is 10.2. The summed E-state index contributed by atoms with van der Waals surface area (Å²) >= 11 is 4.21. The first kappa shape index (κ1) is 13.6. The Bertz CT molecular complexity index is 470. The summed E-state index contributed by atoms with van der Waals surface area (Å²) in [6, 6.07) is -2.61. The van der Waals surface area contributed by atoms with Gasteiger partial charge in [-0.2, -0.15) is 8.78 Å². The van der Waals surface area contributed by atoms with E-state index < -0.39 is 40.4 Å². The van der Waals surface area contributed by atoms with Crippen LogP contribution in [0.25, 0.3) is 0 Å². The van der Waals surface area contributed by atoms with Crippen LogP contribution in [-0.4, -0.2) is 11.6 Å². The van der Waals surface area contributed by atoms with E-state index in [-0.39, 0.29) is 6.07 Å². The van der Waals surface area contributed by atoms with Crippen molar-refractivity contribution in [3.8, 4) is 5.75 Å². The van der Waals surface area contributed by atoms with Crippen LogP contribution in [-0.2, 0) is 0 Å². The van der Waals surface area contributed by atoms with E-state index in [1.807, 2.05) is 0 Å². The first-order valence-electron chi connectivity index (χ1n) is 3.76. The standard InChI is InChI=1S/C8HClF6O2/c9-8(14,15)17-6-4(11)2(7(13)16)1-3(10)5(6)12/h1H. The molecule has 2 nitrogen and oxygen atoms in total. The fraction of sp³-hybridized carbons (Fsp3) is 0.125. The van der Waals surface area contributed by atoms with Crippen molar-refractivity contribution in [1.29, 1.82) is 0 Å². The van der Waals surface area contributed by atoms with Gasteiger partial charge in [-0.15, -0.1) is 8.78 Å². The van der Waals surface area contributed by atoms with Crippen LogP contribution in [0, 0.1) is 17.5 Å². The van der Waals surface area contributed by atoms with Crippen LogP contribution < -0.4 is 4.74 Å². The van der Waals surface area contributed by atoms with E-state index in [2.05, 4.69) is 16.3 Å². The SMILES string of the molecule is O=C(F)c1cc(F)c(F)c(OC(F)(F)Cl)c1F. The molecule has 0 aliphatic heterocycles. The molecule has 0 spiro atoms. The number of hydrogen-bond acceptors (Lipinski definition) is 2. The normalized spacial score (nSPS) is 11.5. The Hall–Kier alpha value is -1.44. The molecule has 1 rings (SSSR count). The lowest BCUT2D eigenvalue weighted by molar-refractivity contribution is -0.101. The molecule has 94 valence electrons. The van der Waals surface area contributed by atoms with Gasteiger partial charge in [-0.25, -0.2) is 8.78 Å². The van der Waals surface area contributed by atoms with Gasteiger partial charge in [0, 0.05) is 11.6 Å². The second kappa shape index (κ2) is 4.44. The molecule has 0 saturated carbocycles. The van der Waals surface area contributed by atoms with E-state index in [9.17, 15) is 31.1 Å². The number of alkyl halides is 3. The van der Waals surface area contributed by atoms with Gasteiger partial charge >= 0.3 is 11.6 Å². The summed E-state index contributed by atoms with van der Waals surface area (Å²) in [6.07, 6.45) is 0. The van der Waals surface area contributed by atoms with Crippen molar-refractivity contribution < 1.29 is 35.9 Å². The number of carbonyl (C=O) groups is 1. The monoisotopic (exact) mass is 278 g/mol. The Morgan fingerprint density at radius 1 is 1.24 bits per heavy atom. The lowest BCUT2D eigenvalue weighted by Gasteiger charge is -2.13. The third-order valence-electron chi connectivity index (χ3n) is 1.55. The fourth-order valence-electron chi connectivity index (χ4n) is 0.929. The molecule has 9 heteroatoms. The zero-order valence-corrected chi connectivity index (χ0v) is 8.30. The summed E-state index contributed by atoms with van der Waals surface area (Å²) in [6.45, 7) is 0. The van der Waals surface area contributed by atoms with Gasteiger partial charge in [0.1, 0.15) is 0 Å². The Labute approximate surface area is 94.7 Å². The molecular formula is C8HClF6O2. The number of ether oxygens (including phenoxy) is 1. The summed E-state index contributed by atoms with van der Waals surface area (Å²) < 4.78 is 78.4. The van der Waals surface area contributed by atoms with Crippen LogP contribution in [0.4, 0.5) is 26.3 Å². The Balaban J connectivity index is 3.42. The predicted molar refractivity (Wildman–Crippen MR) is 43.2 cm³/mol. The highest BCUT2D eigenvalue weighted by Crippen LogP contribution is 2.33. The number of halogens is 7. The summed E-state index contributed by atoms with van der Waals surface area (Å²) in [5, 5.41) is 0. The molecule has 0 fully saturated rings. The molecule has 17 heavy (non-hydrogen) atoms. The average molecular weight is 279 g/mol. The predicted octanol–water partition coefficient (Wildman–Crippen LogP) is 3.38. The minimum absolute atomic E-state index is 0.133. The Morgan fingerprint density at radius 2 is 1.76 bits per heavy atom. The second-order valence-electron chi connectivity index (χ2n) is 2.68. The molecule has 0 saturated heterocycles. The van der Waals surface area contributed by atoms with Crippen molar-refractivity contribution in [2.75, 3.05) is 0 Å². The van der Waals surface area contributed by atoms with Gasteiger partial charge in [0.2, 0.25) is 11.6 Å². The number of rotatable bonds is 3.